The Balaban J connectivity index is 3.39. The molecule has 0 bridgehead atoms. The fourth-order valence-electron chi connectivity index (χ4n) is 1.23. The van der Waals surface area contributed by atoms with Crippen LogP contribution < -0.4 is 4.74 Å². The molecule has 0 aliphatic heterocycles. The van der Waals surface area contributed by atoms with Crippen LogP contribution in [0.2, 0.25) is 0 Å². The Labute approximate surface area is 97.2 Å². The summed E-state index contributed by atoms with van der Waals surface area (Å²) in [6.45, 7) is 0. The number of rotatable bonds is 4. The zero-order valence-corrected chi connectivity index (χ0v) is 8.50. The zero-order chi connectivity index (χ0) is 13.9. The van der Waals surface area contributed by atoms with Crippen molar-refractivity contribution in [3.63, 3.8) is 0 Å². The van der Waals surface area contributed by atoms with Gasteiger partial charge in [0.05, 0.1) is 11.1 Å². The molecule has 0 aliphatic carbocycles. The second-order valence-corrected chi connectivity index (χ2v) is 3.11. The van der Waals surface area contributed by atoms with E-state index in [2.05, 4.69) is 4.74 Å². The summed E-state index contributed by atoms with van der Waals surface area (Å²) >= 11 is 0. The highest BCUT2D eigenvalue weighted by molar-refractivity contribution is 5.89. The van der Waals surface area contributed by atoms with Crippen LogP contribution in [0.1, 0.15) is 32.7 Å². The highest BCUT2D eigenvalue weighted by atomic mass is 19.4. The van der Waals surface area contributed by atoms with Crippen LogP contribution >= 0.6 is 0 Å². The minimum Gasteiger partial charge on any atom is -0.404 e. The van der Waals surface area contributed by atoms with E-state index in [9.17, 15) is 31.5 Å². The fraction of sp³-hybridized carbons (Fsp3) is 0.200. The maximum atomic E-state index is 12.4. The summed E-state index contributed by atoms with van der Waals surface area (Å²) in [5.41, 5.74) is -2.28. The van der Waals surface area contributed by atoms with Gasteiger partial charge in [-0.2, -0.15) is 0 Å². The third kappa shape index (κ3) is 3.25. The number of benzene rings is 1. The van der Waals surface area contributed by atoms with Gasteiger partial charge in [-0.15, -0.1) is 13.2 Å². The molecule has 0 atom stereocenters. The van der Waals surface area contributed by atoms with E-state index in [1.807, 2.05) is 0 Å². The molecule has 98 valence electrons. The molecule has 0 spiro atoms. The lowest BCUT2D eigenvalue weighted by molar-refractivity contribution is -0.274. The van der Waals surface area contributed by atoms with Gasteiger partial charge in [-0.05, 0) is 12.1 Å². The summed E-state index contributed by atoms with van der Waals surface area (Å²) in [5.74, 6) is -1.09. The predicted octanol–water partition coefficient (Wildman–Crippen LogP) is 3.15. The summed E-state index contributed by atoms with van der Waals surface area (Å²) in [4.78, 5) is 21.1. The average molecular weight is 268 g/mol. The molecule has 0 aromatic heterocycles. The van der Waals surface area contributed by atoms with E-state index >= 15 is 0 Å². The van der Waals surface area contributed by atoms with E-state index in [-0.39, 0.29) is 12.6 Å². The average Bonchev–Trinajstić information content (AvgIpc) is 2.26. The Morgan fingerprint density at radius 2 is 1.50 bits per heavy atom. The lowest BCUT2D eigenvalue weighted by atomic mass is 10.1. The standard InChI is InChI=1S/C10H5F5O3/c11-9(12)5-1-6(3-16)8(7(2-5)4-17)18-10(13,14)15/h1-4,9H. The van der Waals surface area contributed by atoms with E-state index in [1.54, 1.807) is 0 Å². The SMILES string of the molecule is O=Cc1cc(C(F)F)cc(C=O)c1OC(F)(F)F. The molecule has 0 N–H and O–H groups in total. The molecule has 0 aliphatic rings. The number of carbonyl (C=O) groups is 2. The molecule has 0 saturated carbocycles. The van der Waals surface area contributed by atoms with Crippen LogP contribution in [0.15, 0.2) is 12.1 Å². The summed E-state index contributed by atoms with van der Waals surface area (Å²) in [5, 5.41) is 0. The van der Waals surface area contributed by atoms with E-state index in [1.165, 1.54) is 0 Å². The van der Waals surface area contributed by atoms with Crippen LogP contribution in [0.25, 0.3) is 0 Å². The van der Waals surface area contributed by atoms with Gasteiger partial charge in [-0.1, -0.05) is 0 Å². The van der Waals surface area contributed by atoms with Gasteiger partial charge in [0, 0.05) is 5.56 Å². The van der Waals surface area contributed by atoms with Crippen molar-refractivity contribution < 1.29 is 36.3 Å². The number of hydrogen-bond donors (Lipinski definition) is 0. The lowest BCUT2D eigenvalue weighted by Crippen LogP contribution is -2.19. The maximum absolute atomic E-state index is 12.4. The molecule has 0 unspecified atom stereocenters. The molecule has 18 heavy (non-hydrogen) atoms. The van der Waals surface area contributed by atoms with Gasteiger partial charge < -0.3 is 4.74 Å². The van der Waals surface area contributed by atoms with Gasteiger partial charge in [-0.3, -0.25) is 9.59 Å². The molecule has 0 amide bonds. The molecule has 1 aromatic rings. The molecule has 0 saturated heterocycles. The van der Waals surface area contributed by atoms with Crippen molar-refractivity contribution in [2.45, 2.75) is 12.8 Å². The third-order valence-electron chi connectivity index (χ3n) is 1.89. The first kappa shape index (κ1) is 14.1. The summed E-state index contributed by atoms with van der Waals surface area (Å²) in [7, 11) is 0. The Hall–Kier alpha value is -1.99. The van der Waals surface area contributed by atoms with Crippen molar-refractivity contribution in [1.82, 2.24) is 0 Å². The number of ether oxygens (including phenoxy) is 1. The first-order valence-corrected chi connectivity index (χ1v) is 4.40. The van der Waals surface area contributed by atoms with Gasteiger partial charge in [0.1, 0.15) is 0 Å². The Morgan fingerprint density at radius 1 is 1.06 bits per heavy atom. The van der Waals surface area contributed by atoms with Gasteiger partial charge in [0.25, 0.3) is 6.43 Å². The number of hydrogen-bond acceptors (Lipinski definition) is 3. The minimum atomic E-state index is -5.14. The molecule has 1 aromatic carbocycles. The molecule has 0 heterocycles. The van der Waals surface area contributed by atoms with E-state index in [0.717, 1.165) is 0 Å². The Kier molecular flexibility index (Phi) is 4.00. The first-order valence-electron chi connectivity index (χ1n) is 4.40. The first-order chi connectivity index (χ1) is 8.28. The van der Waals surface area contributed by atoms with E-state index in [0.29, 0.717) is 12.1 Å². The monoisotopic (exact) mass is 268 g/mol. The number of alkyl halides is 5. The zero-order valence-electron chi connectivity index (χ0n) is 8.50. The molecule has 3 nitrogen and oxygen atoms in total. The van der Waals surface area contributed by atoms with Crippen molar-refractivity contribution in [2.24, 2.45) is 0 Å². The van der Waals surface area contributed by atoms with Crippen LogP contribution in [0.5, 0.6) is 5.75 Å². The van der Waals surface area contributed by atoms with Crippen molar-refractivity contribution in [3.8, 4) is 5.75 Å². The molecule has 1 rings (SSSR count). The second kappa shape index (κ2) is 5.11. The molecular formula is C10H5F5O3. The summed E-state index contributed by atoms with van der Waals surface area (Å²) < 4.78 is 64.3. The van der Waals surface area contributed by atoms with Crippen molar-refractivity contribution >= 4 is 12.6 Å². The summed E-state index contributed by atoms with van der Waals surface area (Å²) in [6, 6.07) is 1.07. The van der Waals surface area contributed by atoms with Gasteiger partial charge in [0.2, 0.25) is 0 Å². The van der Waals surface area contributed by atoms with Crippen molar-refractivity contribution in [3.05, 3.63) is 28.8 Å². The topological polar surface area (TPSA) is 43.4 Å². The van der Waals surface area contributed by atoms with Crippen LogP contribution in [-0.2, 0) is 0 Å². The van der Waals surface area contributed by atoms with E-state index < -0.39 is 35.2 Å². The number of carbonyl (C=O) groups excluding carboxylic acids is 2. The van der Waals surface area contributed by atoms with Crippen molar-refractivity contribution in [2.75, 3.05) is 0 Å². The van der Waals surface area contributed by atoms with Crippen LogP contribution in [0.4, 0.5) is 22.0 Å². The largest absolute Gasteiger partial charge is 0.573 e. The molecule has 0 fully saturated rings. The Bertz CT molecular complexity index is 438. The van der Waals surface area contributed by atoms with Gasteiger partial charge >= 0.3 is 6.36 Å². The van der Waals surface area contributed by atoms with Gasteiger partial charge in [-0.25, -0.2) is 8.78 Å². The Morgan fingerprint density at radius 3 is 1.78 bits per heavy atom. The van der Waals surface area contributed by atoms with Crippen molar-refractivity contribution in [1.29, 1.82) is 0 Å². The minimum absolute atomic E-state index is 0.0973. The number of halogens is 5. The third-order valence-corrected chi connectivity index (χ3v) is 1.89. The molecular weight excluding hydrogens is 263 g/mol. The fourth-order valence-corrected chi connectivity index (χ4v) is 1.23. The van der Waals surface area contributed by atoms with Crippen LogP contribution in [0, 0.1) is 0 Å². The summed E-state index contributed by atoms with van der Waals surface area (Å²) in [6.07, 6.45) is -8.36. The highest BCUT2D eigenvalue weighted by Crippen LogP contribution is 2.32. The normalized spacial score (nSPS) is 11.4. The number of aldehydes is 2. The van der Waals surface area contributed by atoms with Gasteiger partial charge in [0.15, 0.2) is 18.3 Å². The predicted molar refractivity (Wildman–Crippen MR) is 48.9 cm³/mol. The second-order valence-electron chi connectivity index (χ2n) is 3.11. The van der Waals surface area contributed by atoms with Crippen LogP contribution in [0.3, 0.4) is 0 Å². The van der Waals surface area contributed by atoms with E-state index in [4.69, 9.17) is 0 Å². The lowest BCUT2D eigenvalue weighted by Gasteiger charge is -2.14. The smallest absolute Gasteiger partial charge is 0.404 e. The van der Waals surface area contributed by atoms with Crippen LogP contribution in [-0.4, -0.2) is 18.9 Å². The highest BCUT2D eigenvalue weighted by Gasteiger charge is 2.33. The molecule has 0 radical (unpaired) electrons. The maximum Gasteiger partial charge on any atom is 0.573 e. The quantitative estimate of drug-likeness (QED) is 0.622. The molecule has 8 heteroatoms.